The highest BCUT2D eigenvalue weighted by molar-refractivity contribution is 5.94. The average Bonchev–Trinajstić information content (AvgIpc) is 2.63. The predicted molar refractivity (Wildman–Crippen MR) is 97.7 cm³/mol. The summed E-state index contributed by atoms with van der Waals surface area (Å²) in [7, 11) is 0. The number of alkyl halides is 2. The molecule has 0 unspecified atom stereocenters. The van der Waals surface area contributed by atoms with Crippen LogP contribution in [0.1, 0.15) is 42.7 Å². The first-order valence-corrected chi connectivity index (χ1v) is 8.69. The number of nitrogens with one attached hydrogen (secondary N) is 1. The van der Waals surface area contributed by atoms with Crippen molar-refractivity contribution in [1.29, 1.82) is 0 Å². The van der Waals surface area contributed by atoms with Crippen LogP contribution >= 0.6 is 0 Å². The van der Waals surface area contributed by atoms with Crippen molar-refractivity contribution in [2.45, 2.75) is 33.4 Å². The van der Waals surface area contributed by atoms with Crippen molar-refractivity contribution in [2.75, 3.05) is 13.2 Å². The Kier molecular flexibility index (Phi) is 7.40. The average molecular weight is 379 g/mol. The molecule has 0 saturated carbocycles. The quantitative estimate of drug-likeness (QED) is 0.693. The summed E-state index contributed by atoms with van der Waals surface area (Å²) in [6.07, 6.45) is 0. The zero-order valence-electron chi connectivity index (χ0n) is 15.5. The monoisotopic (exact) mass is 379 g/mol. The summed E-state index contributed by atoms with van der Waals surface area (Å²) in [5.74, 6) is 0.780. The molecule has 0 aliphatic rings. The van der Waals surface area contributed by atoms with Crippen LogP contribution in [0.2, 0.25) is 0 Å². The summed E-state index contributed by atoms with van der Waals surface area (Å²) in [4.78, 5) is 12.4. The summed E-state index contributed by atoms with van der Waals surface area (Å²) < 4.78 is 40.1. The van der Waals surface area contributed by atoms with E-state index >= 15 is 0 Å². The lowest BCUT2D eigenvalue weighted by atomic mass is 10.1. The molecule has 0 heterocycles. The third kappa shape index (κ3) is 5.84. The van der Waals surface area contributed by atoms with Crippen LogP contribution in [0.15, 0.2) is 42.5 Å². The maximum atomic E-state index is 12.4. The molecule has 0 aliphatic carbocycles. The molecule has 0 spiro atoms. The van der Waals surface area contributed by atoms with Crippen LogP contribution in [-0.2, 0) is 0 Å². The van der Waals surface area contributed by atoms with Gasteiger partial charge in [-0.05, 0) is 56.7 Å². The Balaban J connectivity index is 2.13. The molecule has 1 N–H and O–H groups in total. The molecule has 5 nitrogen and oxygen atoms in total. The van der Waals surface area contributed by atoms with Gasteiger partial charge in [0.25, 0.3) is 5.91 Å². The second kappa shape index (κ2) is 9.75. The van der Waals surface area contributed by atoms with Crippen LogP contribution in [0.4, 0.5) is 8.78 Å². The SMILES string of the molecule is CCOc1ccc([C@H](C)NC(=O)c2cccc(OC(F)F)c2)cc1OCC. The summed E-state index contributed by atoms with van der Waals surface area (Å²) in [5.41, 5.74) is 1.06. The van der Waals surface area contributed by atoms with Crippen molar-refractivity contribution in [3.8, 4) is 17.2 Å². The van der Waals surface area contributed by atoms with Gasteiger partial charge in [0.05, 0.1) is 19.3 Å². The topological polar surface area (TPSA) is 56.8 Å². The Morgan fingerprint density at radius 3 is 2.41 bits per heavy atom. The summed E-state index contributed by atoms with van der Waals surface area (Å²) in [6.45, 7) is 3.65. The zero-order chi connectivity index (χ0) is 19.8. The van der Waals surface area contributed by atoms with E-state index in [1.807, 2.05) is 32.9 Å². The van der Waals surface area contributed by atoms with Crippen LogP contribution in [0.25, 0.3) is 0 Å². The molecule has 2 aromatic carbocycles. The van der Waals surface area contributed by atoms with Gasteiger partial charge >= 0.3 is 6.61 Å². The van der Waals surface area contributed by atoms with E-state index < -0.39 is 12.5 Å². The molecule has 0 aromatic heterocycles. The van der Waals surface area contributed by atoms with Gasteiger partial charge in [-0.25, -0.2) is 0 Å². The Hall–Kier alpha value is -2.83. The van der Waals surface area contributed by atoms with Gasteiger partial charge in [-0.2, -0.15) is 8.78 Å². The zero-order valence-corrected chi connectivity index (χ0v) is 15.5. The molecule has 1 amide bonds. The highest BCUT2D eigenvalue weighted by atomic mass is 19.3. The third-order valence-corrected chi connectivity index (χ3v) is 3.74. The highest BCUT2D eigenvalue weighted by Crippen LogP contribution is 2.31. The van der Waals surface area contributed by atoms with Gasteiger partial charge in [0, 0.05) is 5.56 Å². The molecular weight excluding hydrogens is 356 g/mol. The first kappa shape index (κ1) is 20.5. The Labute approximate surface area is 157 Å². The molecule has 0 saturated heterocycles. The molecule has 0 radical (unpaired) electrons. The first-order valence-electron chi connectivity index (χ1n) is 8.69. The van der Waals surface area contributed by atoms with Crippen LogP contribution in [-0.4, -0.2) is 25.7 Å². The van der Waals surface area contributed by atoms with Gasteiger partial charge in [0.15, 0.2) is 11.5 Å². The number of hydrogen-bond donors (Lipinski definition) is 1. The second-order valence-electron chi connectivity index (χ2n) is 5.67. The number of carbonyl (C=O) groups excluding carboxylic acids is 1. The molecule has 2 rings (SSSR count). The van der Waals surface area contributed by atoms with E-state index in [1.165, 1.54) is 24.3 Å². The lowest BCUT2D eigenvalue weighted by Gasteiger charge is -2.18. The van der Waals surface area contributed by atoms with E-state index in [1.54, 1.807) is 6.07 Å². The molecule has 27 heavy (non-hydrogen) atoms. The summed E-state index contributed by atoms with van der Waals surface area (Å²) >= 11 is 0. The number of halogens is 2. The smallest absolute Gasteiger partial charge is 0.387 e. The largest absolute Gasteiger partial charge is 0.490 e. The van der Waals surface area contributed by atoms with Crippen molar-refractivity contribution in [3.05, 3.63) is 53.6 Å². The minimum atomic E-state index is -2.94. The van der Waals surface area contributed by atoms with Crippen LogP contribution in [0.3, 0.4) is 0 Å². The maximum absolute atomic E-state index is 12.4. The fourth-order valence-electron chi connectivity index (χ4n) is 2.51. The normalized spacial score (nSPS) is 11.8. The van der Waals surface area contributed by atoms with Gasteiger partial charge in [0.2, 0.25) is 0 Å². The highest BCUT2D eigenvalue weighted by Gasteiger charge is 2.15. The third-order valence-electron chi connectivity index (χ3n) is 3.74. The number of rotatable bonds is 9. The van der Waals surface area contributed by atoms with E-state index in [0.717, 1.165) is 5.56 Å². The van der Waals surface area contributed by atoms with E-state index in [2.05, 4.69) is 10.1 Å². The van der Waals surface area contributed by atoms with Crippen molar-refractivity contribution >= 4 is 5.91 Å². The number of amides is 1. The molecule has 0 aliphatic heterocycles. The standard InChI is InChI=1S/C20H23F2NO4/c1-4-25-17-10-9-14(12-18(17)26-5-2)13(3)23-19(24)15-7-6-8-16(11-15)27-20(21)22/h6-13,20H,4-5H2,1-3H3,(H,23,24)/t13-/m0/s1. The predicted octanol–water partition coefficient (Wildman–Crippen LogP) is 4.58. The van der Waals surface area contributed by atoms with Crippen molar-refractivity contribution < 1.29 is 27.8 Å². The van der Waals surface area contributed by atoms with Gasteiger partial charge in [-0.15, -0.1) is 0 Å². The molecule has 0 fully saturated rings. The van der Waals surface area contributed by atoms with Gasteiger partial charge in [-0.1, -0.05) is 12.1 Å². The Morgan fingerprint density at radius 2 is 1.74 bits per heavy atom. The Bertz CT molecular complexity index is 767. The second-order valence-corrected chi connectivity index (χ2v) is 5.67. The molecule has 7 heteroatoms. The van der Waals surface area contributed by atoms with E-state index in [0.29, 0.717) is 24.7 Å². The van der Waals surface area contributed by atoms with Gasteiger partial charge in [0.1, 0.15) is 5.75 Å². The fraction of sp³-hybridized carbons (Fsp3) is 0.350. The van der Waals surface area contributed by atoms with Crippen molar-refractivity contribution in [3.63, 3.8) is 0 Å². The van der Waals surface area contributed by atoms with E-state index in [-0.39, 0.29) is 17.4 Å². The van der Waals surface area contributed by atoms with Crippen molar-refractivity contribution in [1.82, 2.24) is 5.32 Å². The van der Waals surface area contributed by atoms with Gasteiger partial charge in [-0.3, -0.25) is 4.79 Å². The summed E-state index contributed by atoms with van der Waals surface area (Å²) in [6, 6.07) is 10.8. The summed E-state index contributed by atoms with van der Waals surface area (Å²) in [5, 5.41) is 2.84. The lowest BCUT2D eigenvalue weighted by Crippen LogP contribution is -2.26. The number of ether oxygens (including phenoxy) is 3. The van der Waals surface area contributed by atoms with Crippen molar-refractivity contribution in [2.24, 2.45) is 0 Å². The van der Waals surface area contributed by atoms with Crippen LogP contribution in [0.5, 0.6) is 17.2 Å². The van der Waals surface area contributed by atoms with Crippen LogP contribution < -0.4 is 19.5 Å². The minimum absolute atomic E-state index is 0.0648. The fourth-order valence-corrected chi connectivity index (χ4v) is 2.51. The van der Waals surface area contributed by atoms with E-state index in [9.17, 15) is 13.6 Å². The first-order chi connectivity index (χ1) is 12.9. The number of carbonyl (C=O) groups is 1. The molecule has 146 valence electrons. The molecule has 0 bridgehead atoms. The molecule has 2 aromatic rings. The number of hydrogen-bond acceptors (Lipinski definition) is 4. The molecular formula is C20H23F2NO4. The Morgan fingerprint density at radius 1 is 1.04 bits per heavy atom. The minimum Gasteiger partial charge on any atom is -0.490 e. The van der Waals surface area contributed by atoms with Crippen LogP contribution in [0, 0.1) is 0 Å². The van der Waals surface area contributed by atoms with Gasteiger partial charge < -0.3 is 19.5 Å². The maximum Gasteiger partial charge on any atom is 0.387 e. The van der Waals surface area contributed by atoms with E-state index in [4.69, 9.17) is 9.47 Å². The molecule has 1 atom stereocenters. The number of benzene rings is 2. The lowest BCUT2D eigenvalue weighted by molar-refractivity contribution is -0.0498.